The smallest absolute Gasteiger partial charge is 0.255 e. The second kappa shape index (κ2) is 8.54. The Morgan fingerprint density at radius 3 is 2.35 bits per heavy atom. The van der Waals surface area contributed by atoms with E-state index in [0.29, 0.717) is 39.3 Å². The van der Waals surface area contributed by atoms with Gasteiger partial charge in [-0.2, -0.15) is 0 Å². The van der Waals surface area contributed by atoms with Crippen LogP contribution in [0.5, 0.6) is 0 Å². The molecule has 188 valence electrons. The molecule has 1 heterocycles. The Morgan fingerprint density at radius 1 is 1.00 bits per heavy atom. The van der Waals surface area contributed by atoms with Gasteiger partial charge in [0.25, 0.3) is 11.8 Å². The highest BCUT2D eigenvalue weighted by molar-refractivity contribution is 6.12. The van der Waals surface area contributed by atoms with Crippen LogP contribution in [0.4, 0.5) is 8.78 Å². The second-order valence-corrected chi connectivity index (χ2v) is 10.1. The summed E-state index contributed by atoms with van der Waals surface area (Å²) in [7, 11) is 1.54. The van der Waals surface area contributed by atoms with E-state index >= 15 is 0 Å². The fourth-order valence-electron chi connectivity index (χ4n) is 5.15. The molecule has 4 aromatic rings. The van der Waals surface area contributed by atoms with Crippen molar-refractivity contribution in [3.05, 3.63) is 82.9 Å². The Labute approximate surface area is 212 Å². The average molecular weight is 501 g/mol. The van der Waals surface area contributed by atoms with Crippen LogP contribution in [0.15, 0.2) is 59.0 Å². The summed E-state index contributed by atoms with van der Waals surface area (Å²) in [6, 6.07) is 14.1. The number of carbonyl (C=O) groups is 2. The Kier molecular flexibility index (Phi) is 5.40. The summed E-state index contributed by atoms with van der Waals surface area (Å²) in [5, 5.41) is 6.25. The van der Waals surface area contributed by atoms with Crippen molar-refractivity contribution in [3.63, 3.8) is 0 Å². The molecule has 6 rings (SSSR count). The van der Waals surface area contributed by atoms with E-state index in [1.54, 1.807) is 24.3 Å². The van der Waals surface area contributed by atoms with E-state index in [0.717, 1.165) is 36.8 Å². The predicted octanol–water partition coefficient (Wildman–Crippen LogP) is 6.25. The van der Waals surface area contributed by atoms with Gasteiger partial charge in [-0.05, 0) is 90.4 Å². The average Bonchev–Trinajstić information content (AvgIpc) is 3.71. The zero-order valence-corrected chi connectivity index (χ0v) is 20.6. The summed E-state index contributed by atoms with van der Waals surface area (Å²) in [4.78, 5) is 25.9. The van der Waals surface area contributed by atoms with Gasteiger partial charge in [-0.15, -0.1) is 0 Å². The third kappa shape index (κ3) is 3.99. The van der Waals surface area contributed by atoms with Crippen LogP contribution in [0.3, 0.4) is 0 Å². The van der Waals surface area contributed by atoms with Gasteiger partial charge in [0.1, 0.15) is 23.0 Å². The number of benzene rings is 3. The SMILES string of the molecule is CCCc1cc2oc(-c3ccc(F)cc3)c(C(=O)NC)c2cc1-c1ccc(F)c(C(=O)NC23CC2C3)c1. The van der Waals surface area contributed by atoms with Crippen LogP contribution < -0.4 is 10.6 Å². The molecule has 0 unspecified atom stereocenters. The molecule has 2 aliphatic rings. The molecular formula is C30H26F2N2O3. The molecule has 0 atom stereocenters. The third-order valence-electron chi connectivity index (χ3n) is 7.56. The van der Waals surface area contributed by atoms with Gasteiger partial charge in [-0.3, -0.25) is 9.59 Å². The van der Waals surface area contributed by atoms with Crippen molar-refractivity contribution in [2.24, 2.45) is 5.92 Å². The zero-order valence-electron chi connectivity index (χ0n) is 20.6. The van der Waals surface area contributed by atoms with E-state index in [4.69, 9.17) is 4.42 Å². The number of carbonyl (C=O) groups excluding carboxylic acids is 2. The van der Waals surface area contributed by atoms with Crippen LogP contribution in [0, 0.1) is 17.6 Å². The molecule has 5 nitrogen and oxygen atoms in total. The van der Waals surface area contributed by atoms with Crippen molar-refractivity contribution in [1.82, 2.24) is 10.6 Å². The first-order valence-corrected chi connectivity index (χ1v) is 12.5. The minimum absolute atomic E-state index is 0.0117. The molecule has 0 spiro atoms. The largest absolute Gasteiger partial charge is 0.455 e. The van der Waals surface area contributed by atoms with E-state index in [2.05, 4.69) is 17.6 Å². The minimum atomic E-state index is -0.568. The van der Waals surface area contributed by atoms with Crippen LogP contribution in [0.1, 0.15) is 52.5 Å². The molecule has 2 amide bonds. The molecule has 2 N–H and O–H groups in total. The standard InChI is InChI=1S/C30H26F2N2O3/c1-3-4-17-12-25-23(26(29(36)33-2)27(37-25)16-5-8-20(31)9-6-16)13-21(17)18-7-10-24(32)22(11-18)28(35)34-30-14-19(30)15-30/h5-13,19H,3-4,14-15H2,1-2H3,(H,33,36)(H,34,35). The van der Waals surface area contributed by atoms with Crippen LogP contribution in [0.2, 0.25) is 0 Å². The number of fused-ring (bicyclic) bond motifs is 2. The van der Waals surface area contributed by atoms with Crippen molar-refractivity contribution in [2.75, 3.05) is 7.05 Å². The minimum Gasteiger partial charge on any atom is -0.455 e. The summed E-state index contributed by atoms with van der Waals surface area (Å²) in [5.74, 6) is -0.804. The number of furan rings is 1. The van der Waals surface area contributed by atoms with E-state index < -0.39 is 11.7 Å². The Balaban J connectivity index is 1.50. The summed E-state index contributed by atoms with van der Waals surface area (Å²) in [6.45, 7) is 2.06. The monoisotopic (exact) mass is 500 g/mol. The van der Waals surface area contributed by atoms with Gasteiger partial charge in [0.15, 0.2) is 0 Å². The lowest BCUT2D eigenvalue weighted by atomic mass is 9.92. The molecule has 2 saturated carbocycles. The normalized spacial score (nSPS) is 19.4. The Bertz CT molecular complexity index is 1570. The van der Waals surface area contributed by atoms with Gasteiger partial charge in [-0.25, -0.2) is 8.78 Å². The molecule has 2 aliphatic carbocycles. The first-order valence-electron chi connectivity index (χ1n) is 12.5. The molecule has 0 aliphatic heterocycles. The van der Waals surface area contributed by atoms with Crippen LogP contribution >= 0.6 is 0 Å². The van der Waals surface area contributed by atoms with Gasteiger partial charge >= 0.3 is 0 Å². The summed E-state index contributed by atoms with van der Waals surface area (Å²) in [6.07, 6.45) is 3.51. The van der Waals surface area contributed by atoms with E-state index in [9.17, 15) is 18.4 Å². The van der Waals surface area contributed by atoms with Crippen LogP contribution in [0.25, 0.3) is 33.4 Å². The molecule has 2 fully saturated rings. The molecule has 0 radical (unpaired) electrons. The predicted molar refractivity (Wildman–Crippen MR) is 137 cm³/mol. The number of hydrogen-bond donors (Lipinski definition) is 2. The molecule has 1 aromatic heterocycles. The number of aryl methyl sites for hydroxylation is 1. The Hall–Kier alpha value is -4.00. The third-order valence-corrected chi connectivity index (χ3v) is 7.56. The quantitative estimate of drug-likeness (QED) is 0.315. The molecule has 0 bridgehead atoms. The Morgan fingerprint density at radius 2 is 1.70 bits per heavy atom. The number of halogens is 2. The van der Waals surface area contributed by atoms with E-state index in [1.807, 2.05) is 12.1 Å². The lowest BCUT2D eigenvalue weighted by Crippen LogP contribution is -2.31. The highest BCUT2D eigenvalue weighted by Crippen LogP contribution is 2.66. The lowest BCUT2D eigenvalue weighted by molar-refractivity contribution is 0.0935. The summed E-state index contributed by atoms with van der Waals surface area (Å²) in [5.41, 5.74) is 3.78. The van der Waals surface area contributed by atoms with Crippen LogP contribution in [-0.2, 0) is 6.42 Å². The van der Waals surface area contributed by atoms with E-state index in [-0.39, 0.29) is 22.8 Å². The molecule has 37 heavy (non-hydrogen) atoms. The summed E-state index contributed by atoms with van der Waals surface area (Å²) < 4.78 is 34.5. The topological polar surface area (TPSA) is 71.3 Å². The van der Waals surface area contributed by atoms with Gasteiger partial charge in [0.05, 0.1) is 11.1 Å². The molecule has 3 aromatic carbocycles. The fourth-order valence-corrected chi connectivity index (χ4v) is 5.15. The van der Waals surface area contributed by atoms with Gasteiger partial charge < -0.3 is 15.1 Å². The van der Waals surface area contributed by atoms with Gasteiger partial charge in [0, 0.05) is 23.5 Å². The van der Waals surface area contributed by atoms with Crippen molar-refractivity contribution in [3.8, 4) is 22.5 Å². The highest BCUT2D eigenvalue weighted by atomic mass is 19.1. The first kappa shape index (κ1) is 23.4. The van der Waals surface area contributed by atoms with Crippen molar-refractivity contribution in [2.45, 2.75) is 38.1 Å². The maximum Gasteiger partial charge on any atom is 0.255 e. The zero-order chi connectivity index (χ0) is 25.9. The van der Waals surface area contributed by atoms with E-state index in [1.165, 1.54) is 25.2 Å². The first-order chi connectivity index (χ1) is 17.8. The number of hydrogen-bond acceptors (Lipinski definition) is 3. The summed E-state index contributed by atoms with van der Waals surface area (Å²) >= 11 is 0. The lowest BCUT2D eigenvalue weighted by Gasteiger charge is -2.13. The van der Waals surface area contributed by atoms with Crippen molar-refractivity contribution >= 4 is 22.8 Å². The second-order valence-electron chi connectivity index (χ2n) is 10.1. The molecule has 0 saturated heterocycles. The van der Waals surface area contributed by atoms with Crippen molar-refractivity contribution < 1.29 is 22.8 Å². The van der Waals surface area contributed by atoms with Crippen molar-refractivity contribution in [1.29, 1.82) is 0 Å². The number of amides is 2. The maximum absolute atomic E-state index is 14.7. The fraction of sp³-hybridized carbons (Fsp3) is 0.267. The maximum atomic E-state index is 14.7. The molecule has 7 heteroatoms. The van der Waals surface area contributed by atoms with Gasteiger partial charge in [-0.1, -0.05) is 19.4 Å². The number of nitrogens with one attached hydrogen (secondary N) is 2. The number of rotatable bonds is 7. The highest BCUT2D eigenvalue weighted by Gasteiger charge is 2.70. The van der Waals surface area contributed by atoms with Gasteiger partial charge in [0.2, 0.25) is 0 Å². The van der Waals surface area contributed by atoms with Crippen LogP contribution in [-0.4, -0.2) is 24.4 Å². The molecular weight excluding hydrogens is 474 g/mol.